The molecule has 0 aliphatic carbocycles. The molecule has 6 heteroatoms. The van der Waals surface area contributed by atoms with Crippen molar-refractivity contribution in [2.24, 2.45) is 5.92 Å². The molecule has 1 aromatic rings. The molecule has 1 unspecified atom stereocenters. The van der Waals surface area contributed by atoms with Crippen LogP contribution >= 0.6 is 12.4 Å². The number of pyridine rings is 1. The van der Waals surface area contributed by atoms with Crippen molar-refractivity contribution in [3.63, 3.8) is 0 Å². The zero-order valence-corrected chi connectivity index (χ0v) is 12.6. The first-order valence-corrected chi connectivity index (χ1v) is 6.66. The maximum atomic E-state index is 12.2. The second-order valence-electron chi connectivity index (χ2n) is 5.06. The van der Waals surface area contributed by atoms with Gasteiger partial charge in [-0.3, -0.25) is 9.78 Å². The second kappa shape index (κ2) is 8.07. The van der Waals surface area contributed by atoms with E-state index < -0.39 is 0 Å². The predicted molar refractivity (Wildman–Crippen MR) is 80.8 cm³/mol. The van der Waals surface area contributed by atoms with Crippen molar-refractivity contribution in [2.75, 3.05) is 32.5 Å². The van der Waals surface area contributed by atoms with Crippen LogP contribution in [0.2, 0.25) is 0 Å². The average molecular weight is 300 g/mol. The number of halogens is 1. The highest BCUT2D eigenvalue weighted by Crippen LogP contribution is 2.17. The van der Waals surface area contributed by atoms with Crippen LogP contribution in [-0.4, -0.2) is 42.6 Å². The summed E-state index contributed by atoms with van der Waals surface area (Å²) in [5.74, 6) is 0.597. The van der Waals surface area contributed by atoms with Crippen LogP contribution in [0.4, 0.5) is 5.69 Å². The molecule has 1 aliphatic heterocycles. The van der Waals surface area contributed by atoms with Gasteiger partial charge in [0.25, 0.3) is 0 Å². The molecule has 1 atom stereocenters. The Morgan fingerprint density at radius 3 is 3.00 bits per heavy atom. The molecule has 0 spiro atoms. The van der Waals surface area contributed by atoms with E-state index in [0.717, 1.165) is 38.2 Å². The normalized spacial score (nSPS) is 18.4. The lowest BCUT2D eigenvalue weighted by molar-refractivity contribution is -0.132. The summed E-state index contributed by atoms with van der Waals surface area (Å²) in [7, 11) is 1.71. The summed E-state index contributed by atoms with van der Waals surface area (Å²) in [6.07, 6.45) is 4.12. The number of piperidine rings is 1. The predicted octanol–water partition coefficient (Wildman–Crippen LogP) is 1.51. The Bertz CT molecular complexity index is 423. The summed E-state index contributed by atoms with van der Waals surface area (Å²) >= 11 is 0. The number of rotatable bonds is 4. The van der Waals surface area contributed by atoms with Gasteiger partial charge in [-0.1, -0.05) is 0 Å². The summed E-state index contributed by atoms with van der Waals surface area (Å²) < 4.78 is 5.18. The molecule has 0 aromatic carbocycles. The monoisotopic (exact) mass is 299 g/mol. The van der Waals surface area contributed by atoms with E-state index in [1.807, 2.05) is 11.0 Å². The third-order valence-corrected chi connectivity index (χ3v) is 3.45. The van der Waals surface area contributed by atoms with Gasteiger partial charge in [-0.25, -0.2) is 0 Å². The zero-order chi connectivity index (χ0) is 13.7. The van der Waals surface area contributed by atoms with Crippen molar-refractivity contribution < 1.29 is 9.53 Å². The van der Waals surface area contributed by atoms with Crippen molar-refractivity contribution in [3.8, 4) is 0 Å². The SMILES string of the molecule is COCC1CCCN(C(=O)Cc2ccc(N)cn2)C1.Cl. The van der Waals surface area contributed by atoms with E-state index in [2.05, 4.69) is 4.98 Å². The first-order valence-electron chi connectivity index (χ1n) is 6.66. The molecule has 0 saturated carbocycles. The summed E-state index contributed by atoms with van der Waals surface area (Å²) in [5.41, 5.74) is 6.97. The van der Waals surface area contributed by atoms with Crippen LogP contribution in [0.5, 0.6) is 0 Å². The van der Waals surface area contributed by atoms with E-state index in [4.69, 9.17) is 10.5 Å². The van der Waals surface area contributed by atoms with Gasteiger partial charge in [-0.15, -0.1) is 12.4 Å². The molecule has 0 bridgehead atoms. The van der Waals surface area contributed by atoms with Gasteiger partial charge >= 0.3 is 0 Å². The number of carbonyl (C=O) groups is 1. The number of amides is 1. The number of nitrogens with two attached hydrogens (primary N) is 1. The molecule has 2 N–H and O–H groups in total. The standard InChI is InChI=1S/C14H21N3O2.ClH/c1-19-10-11-3-2-6-17(9-11)14(18)7-13-5-4-12(15)8-16-13;/h4-5,8,11H,2-3,6-7,9-10,15H2,1H3;1H. The molecule has 1 saturated heterocycles. The first-order chi connectivity index (χ1) is 9.19. The number of aromatic nitrogens is 1. The van der Waals surface area contributed by atoms with Gasteiger partial charge in [0.15, 0.2) is 0 Å². The number of hydrogen-bond donors (Lipinski definition) is 1. The van der Waals surface area contributed by atoms with Crippen LogP contribution in [0.3, 0.4) is 0 Å². The van der Waals surface area contributed by atoms with Crippen molar-refractivity contribution in [1.82, 2.24) is 9.88 Å². The highest BCUT2D eigenvalue weighted by Gasteiger charge is 2.23. The van der Waals surface area contributed by atoms with E-state index in [-0.39, 0.29) is 18.3 Å². The third kappa shape index (κ3) is 4.65. The molecular formula is C14H22ClN3O2. The summed E-state index contributed by atoms with van der Waals surface area (Å²) in [6, 6.07) is 3.59. The molecule has 2 rings (SSSR count). The van der Waals surface area contributed by atoms with E-state index in [9.17, 15) is 4.79 Å². The van der Waals surface area contributed by atoms with Crippen molar-refractivity contribution in [3.05, 3.63) is 24.0 Å². The fourth-order valence-corrected chi connectivity index (χ4v) is 2.47. The molecule has 0 radical (unpaired) electrons. The lowest BCUT2D eigenvalue weighted by Crippen LogP contribution is -2.41. The number of anilines is 1. The molecule has 2 heterocycles. The summed E-state index contributed by atoms with van der Waals surface area (Å²) in [5, 5.41) is 0. The van der Waals surface area contributed by atoms with Gasteiger partial charge in [-0.05, 0) is 30.9 Å². The maximum absolute atomic E-state index is 12.2. The lowest BCUT2D eigenvalue weighted by Gasteiger charge is -2.32. The second-order valence-corrected chi connectivity index (χ2v) is 5.06. The Hall–Kier alpha value is -1.33. The fraction of sp³-hybridized carbons (Fsp3) is 0.571. The smallest absolute Gasteiger partial charge is 0.228 e. The largest absolute Gasteiger partial charge is 0.397 e. The van der Waals surface area contributed by atoms with Gasteiger partial charge < -0.3 is 15.4 Å². The molecule has 1 fully saturated rings. The Morgan fingerprint density at radius 1 is 1.55 bits per heavy atom. The minimum absolute atomic E-state index is 0. The minimum Gasteiger partial charge on any atom is -0.397 e. The van der Waals surface area contributed by atoms with E-state index in [1.54, 1.807) is 19.4 Å². The topological polar surface area (TPSA) is 68.5 Å². The van der Waals surface area contributed by atoms with Gasteiger partial charge in [0.2, 0.25) is 5.91 Å². The number of carbonyl (C=O) groups excluding carboxylic acids is 1. The highest BCUT2D eigenvalue weighted by atomic mass is 35.5. The molecule has 1 aliphatic rings. The molecule has 1 amide bonds. The molecule has 5 nitrogen and oxygen atoms in total. The van der Waals surface area contributed by atoms with E-state index in [1.165, 1.54) is 0 Å². The van der Waals surface area contributed by atoms with Crippen LogP contribution in [0, 0.1) is 5.92 Å². The van der Waals surface area contributed by atoms with E-state index >= 15 is 0 Å². The number of ether oxygens (including phenoxy) is 1. The lowest BCUT2D eigenvalue weighted by atomic mass is 9.98. The van der Waals surface area contributed by atoms with Crippen LogP contribution in [0.25, 0.3) is 0 Å². The number of nitrogen functional groups attached to an aromatic ring is 1. The van der Waals surface area contributed by atoms with E-state index in [0.29, 0.717) is 18.0 Å². The van der Waals surface area contributed by atoms with Crippen molar-refractivity contribution >= 4 is 24.0 Å². The van der Waals surface area contributed by atoms with Gasteiger partial charge in [-0.2, -0.15) is 0 Å². The first kappa shape index (κ1) is 16.7. The number of methoxy groups -OCH3 is 1. The van der Waals surface area contributed by atoms with Crippen LogP contribution < -0.4 is 5.73 Å². The Labute approximate surface area is 125 Å². The van der Waals surface area contributed by atoms with Crippen LogP contribution in [0.15, 0.2) is 18.3 Å². The molecule has 1 aromatic heterocycles. The third-order valence-electron chi connectivity index (χ3n) is 3.45. The molecular weight excluding hydrogens is 278 g/mol. The fourth-order valence-electron chi connectivity index (χ4n) is 2.47. The zero-order valence-electron chi connectivity index (χ0n) is 11.7. The Kier molecular flexibility index (Phi) is 6.75. The summed E-state index contributed by atoms with van der Waals surface area (Å²) in [4.78, 5) is 18.3. The number of hydrogen-bond acceptors (Lipinski definition) is 4. The quantitative estimate of drug-likeness (QED) is 0.915. The van der Waals surface area contributed by atoms with Crippen LogP contribution in [0.1, 0.15) is 18.5 Å². The minimum atomic E-state index is 0. The van der Waals surface area contributed by atoms with Gasteiger partial charge in [0.05, 0.1) is 24.9 Å². The maximum Gasteiger partial charge on any atom is 0.228 e. The Balaban J connectivity index is 0.00000200. The molecule has 20 heavy (non-hydrogen) atoms. The summed E-state index contributed by atoms with van der Waals surface area (Å²) in [6.45, 7) is 2.36. The van der Waals surface area contributed by atoms with Crippen molar-refractivity contribution in [1.29, 1.82) is 0 Å². The van der Waals surface area contributed by atoms with Gasteiger partial charge in [0.1, 0.15) is 0 Å². The number of nitrogens with zero attached hydrogens (tertiary/aromatic N) is 2. The van der Waals surface area contributed by atoms with Crippen LogP contribution in [-0.2, 0) is 16.0 Å². The highest BCUT2D eigenvalue weighted by molar-refractivity contribution is 5.85. The number of likely N-dealkylation sites (tertiary alicyclic amines) is 1. The van der Waals surface area contributed by atoms with Gasteiger partial charge in [0, 0.05) is 25.9 Å². The Morgan fingerprint density at radius 2 is 2.35 bits per heavy atom. The molecule has 112 valence electrons. The van der Waals surface area contributed by atoms with Crippen molar-refractivity contribution in [2.45, 2.75) is 19.3 Å². The average Bonchev–Trinajstić information content (AvgIpc) is 2.42.